The van der Waals surface area contributed by atoms with E-state index >= 15 is 0 Å². The summed E-state index contributed by atoms with van der Waals surface area (Å²) in [6.07, 6.45) is -1.03. The number of rotatable bonds is 5. The van der Waals surface area contributed by atoms with E-state index in [1.807, 2.05) is 0 Å². The molecule has 130 valence electrons. The summed E-state index contributed by atoms with van der Waals surface area (Å²) < 4.78 is 44.1. The number of aromatic nitrogens is 1. The van der Waals surface area contributed by atoms with Gasteiger partial charge in [-0.15, -0.1) is 0 Å². The van der Waals surface area contributed by atoms with Crippen LogP contribution in [-0.4, -0.2) is 10.9 Å². The molecular weight excluding hydrogens is 333 g/mol. The van der Waals surface area contributed by atoms with E-state index in [0.717, 1.165) is 24.5 Å². The van der Waals surface area contributed by atoms with E-state index in [1.54, 1.807) is 6.07 Å². The number of pyridine rings is 1. The maximum atomic E-state index is 13.0. The topological polar surface area (TPSA) is 51.2 Å². The molecule has 1 aromatic carbocycles. The number of ether oxygens (including phenoxy) is 1. The van der Waals surface area contributed by atoms with Crippen molar-refractivity contribution in [3.8, 4) is 11.6 Å². The van der Waals surface area contributed by atoms with E-state index < -0.39 is 11.7 Å². The van der Waals surface area contributed by atoms with Gasteiger partial charge < -0.3 is 10.1 Å². The highest BCUT2D eigenvalue weighted by Gasteiger charge is 2.74. The Labute approximate surface area is 142 Å². The van der Waals surface area contributed by atoms with Crippen molar-refractivity contribution >= 4 is 5.91 Å². The van der Waals surface area contributed by atoms with Gasteiger partial charge in [0.15, 0.2) is 0 Å². The summed E-state index contributed by atoms with van der Waals surface area (Å²) in [7, 11) is 0. The number of alkyl halides is 3. The largest absolute Gasteiger partial charge is 0.438 e. The van der Waals surface area contributed by atoms with E-state index in [-0.39, 0.29) is 23.0 Å². The first-order valence-electron chi connectivity index (χ1n) is 7.96. The van der Waals surface area contributed by atoms with Gasteiger partial charge in [0.2, 0.25) is 11.8 Å². The molecule has 1 aromatic heterocycles. The highest BCUT2D eigenvalue weighted by atomic mass is 19.4. The van der Waals surface area contributed by atoms with Crippen molar-refractivity contribution in [1.29, 1.82) is 0 Å². The molecule has 4 rings (SSSR count). The number of benzene rings is 1. The number of hydrogen-bond acceptors (Lipinski definition) is 3. The Morgan fingerprint density at radius 2 is 1.96 bits per heavy atom. The first-order valence-corrected chi connectivity index (χ1v) is 7.96. The van der Waals surface area contributed by atoms with Gasteiger partial charge in [0.25, 0.3) is 0 Å². The van der Waals surface area contributed by atoms with Crippen molar-refractivity contribution < 1.29 is 22.7 Å². The first kappa shape index (κ1) is 15.9. The molecule has 25 heavy (non-hydrogen) atoms. The normalized spacial score (nSPS) is 23.6. The average Bonchev–Trinajstić information content (AvgIpc) is 3.43. The summed E-state index contributed by atoms with van der Waals surface area (Å²) in [6, 6.07) is 8.15. The second kappa shape index (κ2) is 5.47. The van der Waals surface area contributed by atoms with Gasteiger partial charge in [-0.1, -0.05) is 18.2 Å². The van der Waals surface area contributed by atoms with Crippen LogP contribution in [0.15, 0.2) is 42.6 Å². The molecule has 2 fully saturated rings. The van der Waals surface area contributed by atoms with Crippen LogP contribution in [-0.2, 0) is 17.5 Å². The van der Waals surface area contributed by atoms with Crippen molar-refractivity contribution in [1.82, 2.24) is 10.3 Å². The lowest BCUT2D eigenvalue weighted by Gasteiger charge is -2.13. The Hall–Kier alpha value is -2.57. The number of halogens is 3. The van der Waals surface area contributed by atoms with Crippen LogP contribution in [0.1, 0.15) is 24.0 Å². The smallest absolute Gasteiger partial charge is 0.419 e. The zero-order valence-corrected chi connectivity index (χ0v) is 13.1. The van der Waals surface area contributed by atoms with Gasteiger partial charge in [0.05, 0.1) is 11.0 Å². The van der Waals surface area contributed by atoms with E-state index in [9.17, 15) is 18.0 Å². The number of para-hydroxylation sites is 1. The van der Waals surface area contributed by atoms with Gasteiger partial charge in [-0.25, -0.2) is 4.98 Å². The molecule has 2 saturated carbocycles. The van der Waals surface area contributed by atoms with Crippen molar-refractivity contribution in [2.75, 3.05) is 0 Å². The molecular formula is C18H15F3N2O2. The number of hydrogen-bond donors (Lipinski definition) is 1. The van der Waals surface area contributed by atoms with Gasteiger partial charge in [-0.3, -0.25) is 4.79 Å². The Morgan fingerprint density at radius 3 is 2.56 bits per heavy atom. The number of fused-ring (bicyclic) bond motifs is 1. The summed E-state index contributed by atoms with van der Waals surface area (Å²) >= 11 is 0. The van der Waals surface area contributed by atoms with Crippen LogP contribution < -0.4 is 10.1 Å². The minimum absolute atomic E-state index is 0.0646. The molecule has 1 N–H and O–H groups in total. The highest BCUT2D eigenvalue weighted by Crippen LogP contribution is 2.75. The zero-order valence-electron chi connectivity index (χ0n) is 13.1. The fourth-order valence-electron chi connectivity index (χ4n) is 2.91. The predicted octanol–water partition coefficient (Wildman–Crippen LogP) is 3.92. The van der Waals surface area contributed by atoms with Crippen LogP contribution in [0.4, 0.5) is 13.2 Å². The molecule has 1 heterocycles. The van der Waals surface area contributed by atoms with E-state index in [4.69, 9.17) is 4.74 Å². The second-order valence-corrected chi connectivity index (χ2v) is 6.54. The maximum absolute atomic E-state index is 13.0. The van der Waals surface area contributed by atoms with Gasteiger partial charge in [-0.05, 0) is 36.5 Å². The molecule has 0 radical (unpaired) electrons. The Morgan fingerprint density at radius 1 is 1.24 bits per heavy atom. The summed E-state index contributed by atoms with van der Waals surface area (Å²) in [6.45, 7) is 0.347. The zero-order chi connectivity index (χ0) is 17.7. The molecule has 0 spiro atoms. The SMILES string of the molecule is O=C(NCc1ccc(Oc2ccccc2C(F)(F)F)nc1)C12CC1C2. The van der Waals surface area contributed by atoms with Crippen LogP contribution in [0.3, 0.4) is 0 Å². The highest BCUT2D eigenvalue weighted by molar-refractivity contribution is 5.89. The number of carbonyl (C=O) groups excluding carboxylic acids is 1. The standard InChI is InChI=1S/C18H15F3N2O2/c19-18(20,21)13-3-1-2-4-14(13)25-15-6-5-11(9-22-15)10-23-16(24)17-7-12(17)8-17/h1-6,9,12H,7-8,10H2,(H,23,24). The minimum Gasteiger partial charge on any atom is -0.438 e. The van der Waals surface area contributed by atoms with Crippen LogP contribution in [0.5, 0.6) is 11.6 Å². The third kappa shape index (κ3) is 3.06. The number of nitrogens with one attached hydrogen (secondary N) is 1. The molecule has 7 heteroatoms. The quantitative estimate of drug-likeness (QED) is 0.891. The lowest BCUT2D eigenvalue weighted by molar-refractivity contribution is -0.138. The van der Waals surface area contributed by atoms with Crippen molar-refractivity contribution in [2.45, 2.75) is 25.6 Å². The van der Waals surface area contributed by atoms with Crippen LogP contribution in [0, 0.1) is 11.3 Å². The summed E-state index contributed by atoms with van der Waals surface area (Å²) in [4.78, 5) is 15.9. The van der Waals surface area contributed by atoms with Crippen LogP contribution in [0.2, 0.25) is 0 Å². The second-order valence-electron chi connectivity index (χ2n) is 6.54. The van der Waals surface area contributed by atoms with Crippen molar-refractivity contribution in [3.05, 3.63) is 53.7 Å². The van der Waals surface area contributed by atoms with E-state index in [0.29, 0.717) is 12.5 Å². The first-order chi connectivity index (χ1) is 11.9. The van der Waals surface area contributed by atoms with Gasteiger partial charge >= 0.3 is 6.18 Å². The maximum Gasteiger partial charge on any atom is 0.419 e. The molecule has 1 amide bonds. The number of carbonyl (C=O) groups is 1. The molecule has 4 nitrogen and oxygen atoms in total. The average molecular weight is 348 g/mol. The van der Waals surface area contributed by atoms with Gasteiger partial charge in [0, 0.05) is 18.8 Å². The van der Waals surface area contributed by atoms with E-state index in [2.05, 4.69) is 10.3 Å². The fraction of sp³-hybridized carbons (Fsp3) is 0.333. The van der Waals surface area contributed by atoms with E-state index in [1.165, 1.54) is 30.5 Å². The third-order valence-corrected chi connectivity index (χ3v) is 4.79. The lowest BCUT2D eigenvalue weighted by Crippen LogP contribution is -2.27. The van der Waals surface area contributed by atoms with Crippen LogP contribution in [0.25, 0.3) is 0 Å². The third-order valence-electron chi connectivity index (χ3n) is 4.79. The Bertz CT molecular complexity index is 812. The molecule has 0 unspecified atom stereocenters. The minimum atomic E-state index is -4.50. The molecule has 0 atom stereocenters. The van der Waals surface area contributed by atoms with Crippen molar-refractivity contribution in [3.63, 3.8) is 0 Å². The van der Waals surface area contributed by atoms with Crippen LogP contribution >= 0.6 is 0 Å². The number of nitrogens with zero attached hydrogens (tertiary/aromatic N) is 1. The van der Waals surface area contributed by atoms with Crippen molar-refractivity contribution in [2.24, 2.45) is 11.3 Å². The van der Waals surface area contributed by atoms with Gasteiger partial charge in [0.1, 0.15) is 5.75 Å². The fourth-order valence-corrected chi connectivity index (χ4v) is 2.91. The molecule has 0 saturated heterocycles. The predicted molar refractivity (Wildman–Crippen MR) is 82.8 cm³/mol. The summed E-state index contributed by atoms with van der Waals surface area (Å²) in [5.41, 5.74) is -0.174. The summed E-state index contributed by atoms with van der Waals surface area (Å²) in [5, 5.41) is 2.87. The molecule has 2 aliphatic rings. The van der Waals surface area contributed by atoms with Gasteiger partial charge in [-0.2, -0.15) is 13.2 Å². The monoisotopic (exact) mass is 348 g/mol. The Kier molecular flexibility index (Phi) is 3.49. The molecule has 0 bridgehead atoms. The molecule has 2 aliphatic carbocycles. The summed E-state index contributed by atoms with van der Waals surface area (Å²) in [5.74, 6) is 0.429. The number of amides is 1. The lowest BCUT2D eigenvalue weighted by atomic mass is 10.2. The molecule has 0 aliphatic heterocycles. The molecule has 2 aromatic rings. The Balaban J connectivity index is 1.40.